The molecule has 1 aromatic carbocycles. The van der Waals surface area contributed by atoms with Crippen LogP contribution in [0.3, 0.4) is 0 Å². The summed E-state index contributed by atoms with van der Waals surface area (Å²) in [5, 5.41) is 4.14. The first kappa shape index (κ1) is 20.5. The molecule has 156 valence electrons. The fourth-order valence-corrected chi connectivity index (χ4v) is 5.17. The summed E-state index contributed by atoms with van der Waals surface area (Å²) in [4.78, 5) is 20.5. The van der Waals surface area contributed by atoms with Gasteiger partial charge in [0.25, 0.3) is 0 Å². The molecule has 1 amide bonds. The number of amides is 1. The van der Waals surface area contributed by atoms with Crippen LogP contribution in [-0.4, -0.2) is 48.1 Å². The van der Waals surface area contributed by atoms with Gasteiger partial charge in [-0.05, 0) is 51.1 Å². The van der Waals surface area contributed by atoms with Crippen LogP contribution in [-0.2, 0) is 16.1 Å². The zero-order chi connectivity index (χ0) is 19.9. The quantitative estimate of drug-likeness (QED) is 0.708. The van der Waals surface area contributed by atoms with Crippen molar-refractivity contribution in [1.82, 2.24) is 15.2 Å². The second kappa shape index (κ2) is 10.3. The Morgan fingerprint density at radius 3 is 2.79 bits per heavy atom. The molecule has 1 aromatic heterocycles. The molecular formula is C23H31N3O2S. The van der Waals surface area contributed by atoms with E-state index >= 15 is 0 Å². The molecule has 0 bridgehead atoms. The summed E-state index contributed by atoms with van der Waals surface area (Å²) in [7, 11) is 0. The number of hydrogen-bond donors (Lipinski definition) is 1. The molecule has 2 saturated heterocycles. The van der Waals surface area contributed by atoms with E-state index in [1.165, 1.54) is 23.3 Å². The molecule has 29 heavy (non-hydrogen) atoms. The maximum atomic E-state index is 12.1. The number of nitrogens with zero attached hydrogens (tertiary/aromatic N) is 2. The standard InChI is InChI=1S/C23H31N3O2S/c27-22(24-15-20-7-4-14-28-20)9-8-18-10-12-26(13-11-18)17-21-16-25-23(29-21)19-5-2-1-3-6-19/h1-3,5-6,16,18,20H,4,7-15,17H2,(H,24,27). The Hall–Kier alpha value is -1.76. The fourth-order valence-electron chi connectivity index (χ4n) is 4.21. The SMILES string of the molecule is O=C(CCC1CCN(Cc2cnc(-c3ccccc3)s2)CC1)NCC1CCCO1. The predicted octanol–water partition coefficient (Wildman–Crippen LogP) is 4.10. The Bertz CT molecular complexity index is 765. The summed E-state index contributed by atoms with van der Waals surface area (Å²) >= 11 is 1.79. The zero-order valence-corrected chi connectivity index (χ0v) is 17.8. The van der Waals surface area contributed by atoms with Crippen LogP contribution in [0.1, 0.15) is 43.4 Å². The van der Waals surface area contributed by atoms with Crippen molar-refractivity contribution in [3.63, 3.8) is 0 Å². The minimum Gasteiger partial charge on any atom is -0.376 e. The maximum absolute atomic E-state index is 12.1. The zero-order valence-electron chi connectivity index (χ0n) is 17.0. The van der Waals surface area contributed by atoms with Gasteiger partial charge in [0.05, 0.1) is 6.10 Å². The monoisotopic (exact) mass is 413 g/mol. The highest BCUT2D eigenvalue weighted by Gasteiger charge is 2.21. The third kappa shape index (κ3) is 6.11. The van der Waals surface area contributed by atoms with Gasteiger partial charge < -0.3 is 10.1 Å². The average Bonchev–Trinajstić information content (AvgIpc) is 3.45. The van der Waals surface area contributed by atoms with Crippen LogP contribution >= 0.6 is 11.3 Å². The summed E-state index contributed by atoms with van der Waals surface area (Å²) in [6.45, 7) is 4.73. The van der Waals surface area contributed by atoms with Crippen LogP contribution in [0, 0.1) is 5.92 Å². The molecule has 2 fully saturated rings. The average molecular weight is 414 g/mol. The number of aromatic nitrogens is 1. The molecule has 4 rings (SSSR count). The molecule has 2 aliphatic rings. The second-order valence-electron chi connectivity index (χ2n) is 8.20. The van der Waals surface area contributed by atoms with E-state index in [0.717, 1.165) is 50.5 Å². The lowest BCUT2D eigenvalue weighted by molar-refractivity contribution is -0.122. The number of ether oxygens (including phenoxy) is 1. The predicted molar refractivity (Wildman–Crippen MR) is 117 cm³/mol. The van der Waals surface area contributed by atoms with Crippen LogP contribution in [0.4, 0.5) is 0 Å². The van der Waals surface area contributed by atoms with Gasteiger partial charge in [-0.15, -0.1) is 11.3 Å². The molecule has 0 radical (unpaired) electrons. The highest BCUT2D eigenvalue weighted by molar-refractivity contribution is 7.15. The van der Waals surface area contributed by atoms with E-state index < -0.39 is 0 Å². The van der Waals surface area contributed by atoms with E-state index in [9.17, 15) is 4.79 Å². The lowest BCUT2D eigenvalue weighted by Gasteiger charge is -2.31. The van der Waals surface area contributed by atoms with Crippen molar-refractivity contribution >= 4 is 17.2 Å². The summed E-state index contributed by atoms with van der Waals surface area (Å²) in [5.74, 6) is 0.849. The number of thiazole rings is 1. The van der Waals surface area contributed by atoms with Crippen LogP contribution in [0.5, 0.6) is 0 Å². The van der Waals surface area contributed by atoms with Crippen LogP contribution in [0.25, 0.3) is 10.6 Å². The number of benzene rings is 1. The largest absolute Gasteiger partial charge is 0.376 e. The Balaban J connectivity index is 1.14. The summed E-state index contributed by atoms with van der Waals surface area (Å²) in [6.07, 6.45) is 8.47. The van der Waals surface area contributed by atoms with Crippen LogP contribution in [0.15, 0.2) is 36.5 Å². The van der Waals surface area contributed by atoms with Gasteiger partial charge in [0, 0.05) is 42.8 Å². The lowest BCUT2D eigenvalue weighted by atomic mass is 9.92. The minimum atomic E-state index is 0.182. The third-order valence-corrected chi connectivity index (χ3v) is 7.02. The van der Waals surface area contributed by atoms with Crippen molar-refractivity contribution < 1.29 is 9.53 Å². The van der Waals surface area contributed by atoms with E-state index in [1.807, 2.05) is 12.3 Å². The van der Waals surface area contributed by atoms with Gasteiger partial charge in [-0.1, -0.05) is 30.3 Å². The van der Waals surface area contributed by atoms with Gasteiger partial charge in [0.15, 0.2) is 0 Å². The molecule has 3 heterocycles. The first-order chi connectivity index (χ1) is 14.3. The molecule has 0 spiro atoms. The maximum Gasteiger partial charge on any atom is 0.220 e. The van der Waals surface area contributed by atoms with E-state index in [4.69, 9.17) is 4.74 Å². The summed E-state index contributed by atoms with van der Waals surface area (Å²) < 4.78 is 5.56. The molecule has 0 saturated carbocycles. The Morgan fingerprint density at radius 2 is 2.03 bits per heavy atom. The molecule has 2 aromatic rings. The Morgan fingerprint density at radius 1 is 1.21 bits per heavy atom. The second-order valence-corrected chi connectivity index (χ2v) is 9.31. The molecule has 0 aliphatic carbocycles. The fraction of sp³-hybridized carbons (Fsp3) is 0.565. The van der Waals surface area contributed by atoms with Crippen molar-refractivity contribution in [1.29, 1.82) is 0 Å². The molecule has 1 unspecified atom stereocenters. The summed E-state index contributed by atoms with van der Waals surface area (Å²) in [6, 6.07) is 10.4. The van der Waals surface area contributed by atoms with Crippen LogP contribution in [0.2, 0.25) is 0 Å². The van der Waals surface area contributed by atoms with Gasteiger partial charge in [0.1, 0.15) is 5.01 Å². The first-order valence-corrected chi connectivity index (χ1v) is 11.7. The normalized spacial score (nSPS) is 20.8. The van der Waals surface area contributed by atoms with E-state index in [0.29, 0.717) is 18.9 Å². The number of carbonyl (C=O) groups excluding carboxylic acids is 1. The number of likely N-dealkylation sites (tertiary alicyclic amines) is 1. The van der Waals surface area contributed by atoms with Gasteiger partial charge in [-0.2, -0.15) is 0 Å². The van der Waals surface area contributed by atoms with Crippen molar-refractivity contribution in [3.05, 3.63) is 41.4 Å². The smallest absolute Gasteiger partial charge is 0.220 e. The third-order valence-electron chi connectivity index (χ3n) is 5.99. The molecule has 1 atom stereocenters. The van der Waals surface area contributed by atoms with Crippen molar-refractivity contribution in [3.8, 4) is 10.6 Å². The molecular weight excluding hydrogens is 382 g/mol. The Labute approximate surface area is 177 Å². The number of piperidine rings is 1. The van der Waals surface area contributed by atoms with E-state index in [2.05, 4.69) is 39.5 Å². The Kier molecular flexibility index (Phi) is 7.30. The molecule has 5 nitrogen and oxygen atoms in total. The number of nitrogens with one attached hydrogen (secondary N) is 1. The van der Waals surface area contributed by atoms with Gasteiger partial charge in [0.2, 0.25) is 5.91 Å². The number of carbonyl (C=O) groups is 1. The van der Waals surface area contributed by atoms with Crippen molar-refractivity contribution in [2.75, 3.05) is 26.2 Å². The van der Waals surface area contributed by atoms with E-state index in [1.54, 1.807) is 11.3 Å². The lowest BCUT2D eigenvalue weighted by Crippen LogP contribution is -2.34. The first-order valence-electron chi connectivity index (χ1n) is 10.9. The highest BCUT2D eigenvalue weighted by atomic mass is 32.1. The van der Waals surface area contributed by atoms with Gasteiger partial charge in [-0.25, -0.2) is 4.98 Å². The van der Waals surface area contributed by atoms with E-state index in [-0.39, 0.29) is 12.0 Å². The minimum absolute atomic E-state index is 0.182. The van der Waals surface area contributed by atoms with Crippen LogP contribution < -0.4 is 5.32 Å². The van der Waals surface area contributed by atoms with Gasteiger partial charge in [-0.3, -0.25) is 9.69 Å². The van der Waals surface area contributed by atoms with Gasteiger partial charge >= 0.3 is 0 Å². The molecule has 1 N–H and O–H groups in total. The van der Waals surface area contributed by atoms with Crippen molar-refractivity contribution in [2.45, 2.75) is 51.2 Å². The molecule has 2 aliphatic heterocycles. The number of hydrogen-bond acceptors (Lipinski definition) is 5. The van der Waals surface area contributed by atoms with Crippen molar-refractivity contribution in [2.24, 2.45) is 5.92 Å². The topological polar surface area (TPSA) is 54.5 Å². The summed E-state index contributed by atoms with van der Waals surface area (Å²) in [5.41, 5.74) is 1.19. The number of rotatable bonds is 8. The highest BCUT2D eigenvalue weighted by Crippen LogP contribution is 2.28. The molecule has 6 heteroatoms.